The van der Waals surface area contributed by atoms with E-state index in [1.54, 1.807) is 18.2 Å². The van der Waals surface area contributed by atoms with Gasteiger partial charge in [-0.1, -0.05) is 0 Å². The van der Waals surface area contributed by atoms with Crippen LogP contribution in [0.2, 0.25) is 0 Å². The van der Waals surface area contributed by atoms with Gasteiger partial charge in [-0.05, 0) is 12.1 Å². The third-order valence-corrected chi connectivity index (χ3v) is 2.74. The first-order valence-electron chi connectivity index (χ1n) is 6.03. The zero-order valence-corrected chi connectivity index (χ0v) is 11.3. The molecule has 0 radical (unpaired) electrons. The molecule has 0 unspecified atom stereocenters. The Bertz CT molecular complexity index is 778. The number of aromatic amines is 1. The second-order valence-electron chi connectivity index (χ2n) is 4.24. The summed E-state index contributed by atoms with van der Waals surface area (Å²) in [6.45, 7) is -0.235. The Morgan fingerprint density at radius 3 is 2.76 bits per heavy atom. The van der Waals surface area contributed by atoms with Crippen LogP contribution in [0.25, 0.3) is 0 Å². The maximum absolute atomic E-state index is 11.9. The summed E-state index contributed by atoms with van der Waals surface area (Å²) in [6.07, 6.45) is 1.25. The molecule has 0 fully saturated rings. The molecule has 0 aliphatic heterocycles. The number of amides is 1. The number of nitrogens with one attached hydrogen (secondary N) is 2. The molecule has 0 atom stereocenters. The highest BCUT2D eigenvalue weighted by Gasteiger charge is 2.08. The average molecular weight is 290 g/mol. The van der Waals surface area contributed by atoms with Crippen molar-refractivity contribution in [2.24, 2.45) is 0 Å². The lowest BCUT2D eigenvalue weighted by Gasteiger charge is -2.10. The van der Waals surface area contributed by atoms with E-state index < -0.39 is 17.2 Å². The van der Waals surface area contributed by atoms with Gasteiger partial charge in [0.05, 0.1) is 18.5 Å². The standard InChI is InChI=1S/C13H14N4O4/c1-21-8-2-3-10(9(14)6-8)15-12(19)7-17-5-4-11(18)16-13(17)20/h2-6H,7,14H2,1H3,(H,15,19)(H,16,18,20). The molecule has 0 aliphatic rings. The van der Waals surface area contributed by atoms with Crippen LogP contribution in [-0.4, -0.2) is 22.6 Å². The molecule has 2 aromatic rings. The van der Waals surface area contributed by atoms with E-state index in [1.807, 2.05) is 0 Å². The highest BCUT2D eigenvalue weighted by Crippen LogP contribution is 2.23. The molecular formula is C13H14N4O4. The number of aromatic nitrogens is 2. The molecule has 2 rings (SSSR count). The minimum atomic E-state index is -0.652. The molecule has 8 nitrogen and oxygen atoms in total. The number of nitrogens with zero attached hydrogens (tertiary/aromatic N) is 1. The number of carbonyl (C=O) groups is 1. The predicted octanol–water partition coefficient (Wildman–Crippen LogP) is -0.234. The molecule has 8 heteroatoms. The highest BCUT2D eigenvalue weighted by molar-refractivity contribution is 5.93. The number of carbonyl (C=O) groups excluding carboxylic acids is 1. The molecule has 0 bridgehead atoms. The summed E-state index contributed by atoms with van der Waals surface area (Å²) in [6, 6.07) is 5.98. The van der Waals surface area contributed by atoms with Crippen LogP contribution < -0.4 is 27.0 Å². The van der Waals surface area contributed by atoms with E-state index in [0.29, 0.717) is 17.1 Å². The topological polar surface area (TPSA) is 119 Å². The van der Waals surface area contributed by atoms with Crippen LogP contribution in [0, 0.1) is 0 Å². The van der Waals surface area contributed by atoms with Crippen LogP contribution in [0.15, 0.2) is 40.1 Å². The van der Waals surface area contributed by atoms with Crippen LogP contribution in [0.1, 0.15) is 0 Å². The Labute approximate surface area is 119 Å². The van der Waals surface area contributed by atoms with Crippen LogP contribution in [0.5, 0.6) is 5.75 Å². The smallest absolute Gasteiger partial charge is 0.328 e. The summed E-state index contributed by atoms with van der Waals surface area (Å²) in [4.78, 5) is 36.3. The second-order valence-corrected chi connectivity index (χ2v) is 4.24. The van der Waals surface area contributed by atoms with Crippen molar-refractivity contribution in [1.29, 1.82) is 0 Å². The van der Waals surface area contributed by atoms with E-state index in [9.17, 15) is 14.4 Å². The molecule has 0 saturated carbocycles. The van der Waals surface area contributed by atoms with Crippen molar-refractivity contribution >= 4 is 17.3 Å². The third-order valence-electron chi connectivity index (χ3n) is 2.74. The van der Waals surface area contributed by atoms with Gasteiger partial charge < -0.3 is 15.8 Å². The highest BCUT2D eigenvalue weighted by atomic mass is 16.5. The van der Waals surface area contributed by atoms with Gasteiger partial charge in [0.25, 0.3) is 5.56 Å². The van der Waals surface area contributed by atoms with E-state index in [2.05, 4.69) is 10.3 Å². The summed E-state index contributed by atoms with van der Waals surface area (Å²) in [5, 5.41) is 2.58. The van der Waals surface area contributed by atoms with Crippen molar-refractivity contribution in [2.45, 2.75) is 6.54 Å². The molecule has 1 aromatic heterocycles. The molecular weight excluding hydrogens is 276 g/mol. The molecule has 21 heavy (non-hydrogen) atoms. The average Bonchev–Trinajstić information content (AvgIpc) is 2.44. The van der Waals surface area contributed by atoms with Crippen molar-refractivity contribution < 1.29 is 9.53 Å². The van der Waals surface area contributed by atoms with E-state index in [-0.39, 0.29) is 6.54 Å². The number of nitrogen functional groups attached to an aromatic ring is 1. The number of hydrogen-bond acceptors (Lipinski definition) is 5. The maximum Gasteiger partial charge on any atom is 0.328 e. The molecule has 4 N–H and O–H groups in total. The van der Waals surface area contributed by atoms with Crippen molar-refractivity contribution in [2.75, 3.05) is 18.2 Å². The number of nitrogens with two attached hydrogens (primary N) is 1. The number of anilines is 2. The Balaban J connectivity index is 2.11. The lowest BCUT2D eigenvalue weighted by atomic mass is 10.2. The summed E-state index contributed by atoms with van der Waals surface area (Å²) in [7, 11) is 1.51. The quantitative estimate of drug-likeness (QED) is 0.672. The third kappa shape index (κ3) is 3.50. The molecule has 0 saturated heterocycles. The van der Waals surface area contributed by atoms with Crippen LogP contribution in [0.3, 0.4) is 0 Å². The monoisotopic (exact) mass is 290 g/mol. The van der Waals surface area contributed by atoms with E-state index >= 15 is 0 Å². The van der Waals surface area contributed by atoms with Crippen LogP contribution in [-0.2, 0) is 11.3 Å². The minimum Gasteiger partial charge on any atom is -0.497 e. The Morgan fingerprint density at radius 2 is 2.14 bits per heavy atom. The maximum atomic E-state index is 11.9. The molecule has 1 amide bonds. The van der Waals surface area contributed by atoms with E-state index in [4.69, 9.17) is 10.5 Å². The molecule has 1 aromatic carbocycles. The van der Waals surface area contributed by atoms with Crippen molar-refractivity contribution in [3.05, 3.63) is 51.3 Å². The SMILES string of the molecule is COc1ccc(NC(=O)Cn2ccc(=O)[nH]c2=O)c(N)c1. The van der Waals surface area contributed by atoms with Gasteiger partial charge in [0, 0.05) is 18.3 Å². The fourth-order valence-electron chi connectivity index (χ4n) is 1.69. The number of rotatable bonds is 4. The van der Waals surface area contributed by atoms with Gasteiger partial charge in [0.1, 0.15) is 12.3 Å². The first-order chi connectivity index (χ1) is 9.99. The normalized spacial score (nSPS) is 10.1. The first kappa shape index (κ1) is 14.4. The van der Waals surface area contributed by atoms with Crippen molar-refractivity contribution in [1.82, 2.24) is 9.55 Å². The summed E-state index contributed by atoms with van der Waals surface area (Å²) in [5.74, 6) is 0.128. The van der Waals surface area contributed by atoms with Gasteiger partial charge in [0.2, 0.25) is 5.91 Å². The number of hydrogen-bond donors (Lipinski definition) is 3. The van der Waals surface area contributed by atoms with E-state index in [0.717, 1.165) is 10.6 Å². The molecule has 110 valence electrons. The fraction of sp³-hybridized carbons (Fsp3) is 0.154. The van der Waals surface area contributed by atoms with Crippen LogP contribution in [0.4, 0.5) is 11.4 Å². The number of ether oxygens (including phenoxy) is 1. The van der Waals surface area contributed by atoms with Gasteiger partial charge in [-0.2, -0.15) is 0 Å². The Morgan fingerprint density at radius 1 is 1.38 bits per heavy atom. The lowest BCUT2D eigenvalue weighted by molar-refractivity contribution is -0.116. The molecule has 1 heterocycles. The molecule has 0 spiro atoms. The zero-order chi connectivity index (χ0) is 15.4. The number of H-pyrrole nitrogens is 1. The van der Waals surface area contributed by atoms with Crippen molar-refractivity contribution in [3.63, 3.8) is 0 Å². The predicted molar refractivity (Wildman–Crippen MR) is 77.4 cm³/mol. The summed E-state index contributed by atoms with van der Waals surface area (Å²) in [5.41, 5.74) is 5.37. The Kier molecular flexibility index (Phi) is 4.07. The van der Waals surface area contributed by atoms with Gasteiger partial charge in [-0.25, -0.2) is 4.79 Å². The van der Waals surface area contributed by atoms with Gasteiger partial charge in [0.15, 0.2) is 0 Å². The Hall–Kier alpha value is -3.03. The fourth-order valence-corrected chi connectivity index (χ4v) is 1.69. The van der Waals surface area contributed by atoms with E-state index in [1.165, 1.54) is 13.3 Å². The minimum absolute atomic E-state index is 0.235. The molecule has 0 aliphatic carbocycles. The van der Waals surface area contributed by atoms with Gasteiger partial charge in [-0.3, -0.25) is 19.1 Å². The number of benzene rings is 1. The second kappa shape index (κ2) is 5.95. The largest absolute Gasteiger partial charge is 0.497 e. The van der Waals surface area contributed by atoms with Crippen LogP contribution >= 0.6 is 0 Å². The first-order valence-corrected chi connectivity index (χ1v) is 6.03. The zero-order valence-electron chi connectivity index (χ0n) is 11.3. The number of methoxy groups -OCH3 is 1. The van der Waals surface area contributed by atoms with Gasteiger partial charge >= 0.3 is 5.69 Å². The summed E-state index contributed by atoms with van der Waals surface area (Å²) < 4.78 is 6.09. The van der Waals surface area contributed by atoms with Gasteiger partial charge in [-0.15, -0.1) is 0 Å². The summed E-state index contributed by atoms with van der Waals surface area (Å²) >= 11 is 0. The van der Waals surface area contributed by atoms with Crippen molar-refractivity contribution in [3.8, 4) is 5.75 Å². The lowest BCUT2D eigenvalue weighted by Crippen LogP contribution is -2.32.